The first-order valence-electron chi connectivity index (χ1n) is 7.64. The van der Waals surface area contributed by atoms with Crippen molar-refractivity contribution in [1.29, 1.82) is 5.26 Å². The second-order valence-corrected chi connectivity index (χ2v) is 8.62. The molecule has 6 rings (SSSR count). The zero-order valence-electron chi connectivity index (χ0n) is 12.7. The highest BCUT2D eigenvalue weighted by Crippen LogP contribution is 2.66. The lowest BCUT2D eigenvalue weighted by molar-refractivity contribution is -0.122. The maximum Gasteiger partial charge on any atom is 0.225 e. The predicted octanol–water partition coefficient (Wildman–Crippen LogP) is 0.987. The molecule has 3 aromatic heterocycles. The van der Waals surface area contributed by atoms with Crippen molar-refractivity contribution in [2.45, 2.75) is 30.3 Å². The average molecular weight is 342 g/mol. The van der Waals surface area contributed by atoms with Gasteiger partial charge in [0.15, 0.2) is 5.75 Å². The average Bonchev–Trinajstić information content (AvgIpc) is 3.06. The van der Waals surface area contributed by atoms with Crippen LogP contribution < -0.4 is 4.72 Å². The first kappa shape index (κ1) is 13.9. The number of H-pyrrole nitrogens is 1. The molecular weight excluding hydrogens is 328 g/mol. The van der Waals surface area contributed by atoms with E-state index in [0.717, 1.165) is 41.3 Å². The van der Waals surface area contributed by atoms with Crippen LogP contribution in [-0.2, 0) is 15.6 Å². The molecular formula is C15H14N6O2S. The van der Waals surface area contributed by atoms with Crippen LogP contribution in [-0.4, -0.2) is 39.2 Å². The van der Waals surface area contributed by atoms with Gasteiger partial charge < -0.3 is 9.55 Å². The molecule has 0 radical (unpaired) electrons. The van der Waals surface area contributed by atoms with Gasteiger partial charge in [-0.15, -0.1) is 0 Å². The molecule has 0 amide bonds. The van der Waals surface area contributed by atoms with Gasteiger partial charge in [0.25, 0.3) is 0 Å². The number of aromatic nitrogens is 4. The SMILES string of the molecule is N#CCS(=O)(=O)NC12CC(n3cnc4cnc5[nH]ccc5c43)(C1)C2. The highest BCUT2D eigenvalue weighted by atomic mass is 32.2. The Morgan fingerprint density at radius 3 is 2.92 bits per heavy atom. The van der Waals surface area contributed by atoms with E-state index in [4.69, 9.17) is 5.26 Å². The van der Waals surface area contributed by atoms with Gasteiger partial charge in [0.2, 0.25) is 10.0 Å². The Morgan fingerprint density at radius 1 is 1.38 bits per heavy atom. The highest BCUT2D eigenvalue weighted by Gasteiger charge is 2.70. The summed E-state index contributed by atoms with van der Waals surface area (Å²) < 4.78 is 28.6. The predicted molar refractivity (Wildman–Crippen MR) is 86.5 cm³/mol. The molecule has 122 valence electrons. The highest BCUT2D eigenvalue weighted by molar-refractivity contribution is 7.89. The summed E-state index contributed by atoms with van der Waals surface area (Å²) in [5.41, 5.74) is 2.21. The van der Waals surface area contributed by atoms with Gasteiger partial charge >= 0.3 is 0 Å². The van der Waals surface area contributed by atoms with Crippen molar-refractivity contribution < 1.29 is 8.42 Å². The van der Waals surface area contributed by atoms with Gasteiger partial charge in [0.05, 0.1) is 29.6 Å². The summed E-state index contributed by atoms with van der Waals surface area (Å²) in [4.78, 5) is 11.9. The molecule has 3 fully saturated rings. The number of nitrogens with one attached hydrogen (secondary N) is 2. The Kier molecular flexibility index (Phi) is 2.41. The maximum atomic E-state index is 11.8. The van der Waals surface area contributed by atoms with Crippen LogP contribution in [0.25, 0.3) is 22.1 Å². The first-order chi connectivity index (χ1) is 11.5. The number of fused-ring (bicyclic) bond motifs is 3. The fourth-order valence-corrected chi connectivity index (χ4v) is 5.54. The van der Waals surface area contributed by atoms with Crippen LogP contribution in [0.4, 0.5) is 0 Å². The second kappa shape index (κ2) is 4.15. The molecule has 9 heteroatoms. The molecule has 3 aromatic rings. The number of sulfonamides is 1. The monoisotopic (exact) mass is 342 g/mol. The minimum atomic E-state index is -3.53. The maximum absolute atomic E-state index is 11.8. The lowest BCUT2D eigenvalue weighted by atomic mass is 9.44. The Balaban J connectivity index is 1.50. The normalized spacial score (nSPS) is 28.5. The van der Waals surface area contributed by atoms with Crippen molar-refractivity contribution >= 4 is 32.1 Å². The summed E-state index contributed by atoms with van der Waals surface area (Å²) in [5, 5.41) is 9.63. The molecule has 8 nitrogen and oxygen atoms in total. The number of nitriles is 1. The molecule has 0 aromatic carbocycles. The van der Waals surface area contributed by atoms with Crippen LogP contribution in [0.5, 0.6) is 0 Å². The van der Waals surface area contributed by atoms with Gasteiger partial charge in [-0.05, 0) is 25.3 Å². The third kappa shape index (κ3) is 1.67. The van der Waals surface area contributed by atoms with E-state index >= 15 is 0 Å². The lowest BCUT2D eigenvalue weighted by Gasteiger charge is -2.70. The Morgan fingerprint density at radius 2 is 2.17 bits per heavy atom. The summed E-state index contributed by atoms with van der Waals surface area (Å²) >= 11 is 0. The van der Waals surface area contributed by atoms with Gasteiger partial charge in [-0.3, -0.25) is 0 Å². The van der Waals surface area contributed by atoms with Crippen LogP contribution in [0.2, 0.25) is 0 Å². The molecule has 0 aliphatic heterocycles. The van der Waals surface area contributed by atoms with E-state index < -0.39 is 21.3 Å². The van der Waals surface area contributed by atoms with Crippen molar-refractivity contribution in [1.82, 2.24) is 24.2 Å². The van der Waals surface area contributed by atoms with Crippen molar-refractivity contribution in [3.05, 3.63) is 24.8 Å². The van der Waals surface area contributed by atoms with Crippen molar-refractivity contribution in [2.24, 2.45) is 0 Å². The molecule has 0 unspecified atom stereocenters. The van der Waals surface area contributed by atoms with Crippen LogP contribution >= 0.6 is 0 Å². The van der Waals surface area contributed by atoms with Crippen LogP contribution in [0.3, 0.4) is 0 Å². The van der Waals surface area contributed by atoms with Gasteiger partial charge in [0.1, 0.15) is 11.2 Å². The summed E-state index contributed by atoms with van der Waals surface area (Å²) in [6.45, 7) is 0. The van der Waals surface area contributed by atoms with E-state index in [1.54, 1.807) is 12.3 Å². The molecule has 3 aliphatic carbocycles. The Hall–Kier alpha value is -2.44. The van der Waals surface area contributed by atoms with Crippen molar-refractivity contribution in [3.63, 3.8) is 0 Å². The van der Waals surface area contributed by atoms with Gasteiger partial charge in [-0.2, -0.15) is 5.26 Å². The topological polar surface area (TPSA) is 116 Å². The smallest absolute Gasteiger partial charge is 0.225 e. The molecule has 0 atom stereocenters. The molecule has 3 saturated carbocycles. The number of hydrogen-bond donors (Lipinski definition) is 2. The van der Waals surface area contributed by atoms with Gasteiger partial charge in [0, 0.05) is 17.1 Å². The van der Waals surface area contributed by atoms with E-state index in [0.29, 0.717) is 0 Å². The molecule has 2 bridgehead atoms. The van der Waals surface area contributed by atoms with Gasteiger partial charge in [-0.1, -0.05) is 0 Å². The van der Waals surface area contributed by atoms with Crippen LogP contribution in [0.15, 0.2) is 24.8 Å². The zero-order valence-corrected chi connectivity index (χ0v) is 13.5. The number of rotatable bonds is 4. The van der Waals surface area contributed by atoms with Gasteiger partial charge in [-0.25, -0.2) is 23.1 Å². The first-order valence-corrected chi connectivity index (χ1v) is 9.30. The standard InChI is InChI=1S/C15H14N6O2S/c16-2-4-24(22,23)20-14-6-15(7-14,8-14)21-9-19-11-5-18-13-10(12(11)21)1-3-17-13/h1,3,5,9,20H,4,6-8H2,(H,17,18). The molecule has 0 spiro atoms. The Bertz CT molecular complexity index is 1120. The quantitative estimate of drug-likeness (QED) is 0.733. The molecule has 3 heterocycles. The van der Waals surface area contributed by atoms with E-state index in [9.17, 15) is 8.42 Å². The summed E-state index contributed by atoms with van der Waals surface area (Å²) in [6, 6.07) is 3.68. The number of imidazole rings is 1. The van der Waals surface area contributed by atoms with E-state index in [2.05, 4.69) is 24.2 Å². The molecule has 0 saturated heterocycles. The van der Waals surface area contributed by atoms with Crippen molar-refractivity contribution in [3.8, 4) is 6.07 Å². The largest absolute Gasteiger partial charge is 0.346 e. The summed E-state index contributed by atoms with van der Waals surface area (Å²) in [7, 11) is -3.53. The molecule has 3 aliphatic rings. The number of pyridine rings is 1. The molecule has 24 heavy (non-hydrogen) atoms. The number of hydrogen-bond acceptors (Lipinski definition) is 5. The lowest BCUT2D eigenvalue weighted by Crippen LogP contribution is -2.78. The second-order valence-electron chi connectivity index (χ2n) is 6.90. The Labute approximate surface area is 137 Å². The minimum absolute atomic E-state index is 0.0878. The van der Waals surface area contributed by atoms with Crippen LogP contribution in [0.1, 0.15) is 19.3 Å². The molecule has 2 N–H and O–H groups in total. The summed E-state index contributed by atoms with van der Waals surface area (Å²) in [6.07, 6.45) is 7.61. The van der Waals surface area contributed by atoms with Crippen molar-refractivity contribution in [2.75, 3.05) is 5.75 Å². The summed E-state index contributed by atoms with van der Waals surface area (Å²) in [5.74, 6) is -0.495. The fourth-order valence-electron chi connectivity index (χ4n) is 4.42. The zero-order chi connectivity index (χ0) is 16.6. The van der Waals surface area contributed by atoms with Crippen LogP contribution in [0, 0.1) is 11.3 Å². The minimum Gasteiger partial charge on any atom is -0.346 e. The van der Waals surface area contributed by atoms with E-state index in [1.807, 2.05) is 18.6 Å². The fraction of sp³-hybridized carbons (Fsp3) is 0.400. The third-order valence-electron chi connectivity index (χ3n) is 5.23. The number of aromatic amines is 1. The van der Waals surface area contributed by atoms with E-state index in [-0.39, 0.29) is 5.54 Å². The third-order valence-corrected chi connectivity index (χ3v) is 6.49. The van der Waals surface area contributed by atoms with E-state index in [1.165, 1.54) is 0 Å². The number of nitrogens with zero attached hydrogens (tertiary/aromatic N) is 4.